The first-order valence-corrected chi connectivity index (χ1v) is 19.9. The average molecular weight is 920 g/mol. The van der Waals surface area contributed by atoms with Crippen LogP contribution in [-0.4, -0.2) is 240 Å². The lowest BCUT2D eigenvalue weighted by Crippen LogP contribution is -2.70. The zero-order valence-electron chi connectivity index (χ0n) is 34.7. The molecule has 27 nitrogen and oxygen atoms in total. The standard InChI is InChI=1S/C36H57NO26/c1-8-16(42)19(45)28(61-34-22(48)20(46)24(10(3)55-34)56-12(5)40)36(54-8)60-27-21(47)23(49)35(62-29(27)31(50)51)59-25-15(37-11(4)39)33(58-14(7-38)18(25)44)63-30-26(57-13(6)41)17(43)9(2)53-32(30)52/h8-10,14-30,32-36,38,42-49,52H,7H2,1-6H3,(H,37,39)(H,50,51)/t8-,9?,10-,14?,15-,16-,17-,18-,19?,20?,21?,22?,23-,24-,25?,26?,27+,28?,29?,30-,32+,33-,34-,35+,36-/m0/s1. The smallest absolute Gasteiger partial charge is 0.335 e. The number of aliphatic hydroxyl groups excluding tert-OH is 10. The number of carboxylic acid groups (broad SMARTS) is 1. The van der Waals surface area contributed by atoms with Crippen molar-refractivity contribution in [1.82, 2.24) is 5.32 Å². The molecular formula is C36H57NO26. The predicted octanol–water partition coefficient (Wildman–Crippen LogP) is -7.46. The number of carboxylic acids is 1. The van der Waals surface area contributed by atoms with Gasteiger partial charge in [0.05, 0.1) is 24.9 Å². The van der Waals surface area contributed by atoms with Gasteiger partial charge in [-0.25, -0.2) is 4.79 Å². The minimum absolute atomic E-state index is 0.805. The van der Waals surface area contributed by atoms with E-state index >= 15 is 0 Å². The van der Waals surface area contributed by atoms with Gasteiger partial charge < -0.3 is 114 Å². The van der Waals surface area contributed by atoms with E-state index in [2.05, 4.69) is 5.32 Å². The highest BCUT2D eigenvalue weighted by Gasteiger charge is 2.58. The predicted molar refractivity (Wildman–Crippen MR) is 194 cm³/mol. The summed E-state index contributed by atoms with van der Waals surface area (Å²) in [6.45, 7) is 6.13. The Morgan fingerprint density at radius 2 is 0.984 bits per heavy atom. The van der Waals surface area contributed by atoms with Gasteiger partial charge in [0.1, 0.15) is 79.3 Å². The van der Waals surface area contributed by atoms with E-state index in [1.807, 2.05) is 0 Å². The second-order valence-electron chi connectivity index (χ2n) is 15.8. The summed E-state index contributed by atoms with van der Waals surface area (Å²) in [6, 6.07) is -1.71. The van der Waals surface area contributed by atoms with E-state index in [1.54, 1.807) is 0 Å². The Hall–Kier alpha value is -2.88. The molecule has 0 radical (unpaired) electrons. The second-order valence-corrected chi connectivity index (χ2v) is 15.8. The molecule has 362 valence electrons. The van der Waals surface area contributed by atoms with Crippen LogP contribution >= 0.6 is 0 Å². The van der Waals surface area contributed by atoms with Gasteiger partial charge in [0, 0.05) is 20.8 Å². The molecule has 63 heavy (non-hydrogen) atoms. The van der Waals surface area contributed by atoms with Crippen molar-refractivity contribution in [3.8, 4) is 0 Å². The number of hydrogen-bond donors (Lipinski definition) is 12. The van der Waals surface area contributed by atoms with Crippen molar-refractivity contribution in [2.75, 3.05) is 6.61 Å². The third kappa shape index (κ3) is 11.2. The fourth-order valence-electron chi connectivity index (χ4n) is 7.86. The van der Waals surface area contributed by atoms with Gasteiger partial charge in [0.2, 0.25) is 5.91 Å². The molecule has 5 heterocycles. The van der Waals surface area contributed by atoms with Crippen molar-refractivity contribution in [2.24, 2.45) is 0 Å². The zero-order chi connectivity index (χ0) is 46.9. The molecule has 0 aromatic rings. The highest BCUT2D eigenvalue weighted by Crippen LogP contribution is 2.36. The van der Waals surface area contributed by atoms with E-state index in [4.69, 9.17) is 52.1 Å². The van der Waals surface area contributed by atoms with E-state index in [0.29, 0.717) is 0 Å². The molecule has 5 aliphatic heterocycles. The number of rotatable bonds is 13. The van der Waals surface area contributed by atoms with Gasteiger partial charge in [-0.15, -0.1) is 0 Å². The SMILES string of the molecule is CC(=O)N[C@H]1C(O[C@@H]2OC(C(=O)O)[C@H](O[C@@H]3O[C@@H](C)[C@H](O)C(O)C3O[C@@H]3O[C@@H](C)[C@H](OC(C)=O)C(O)C3O)C(O)[C@@H]2O)[C@@H](O)C(CO)O[C@H]1O[C@H]1C(OC(C)=O)[C@@H](O)C(C)O[C@H]1O. The van der Waals surface area contributed by atoms with Gasteiger partial charge in [0.15, 0.2) is 55.9 Å². The molecule has 12 N–H and O–H groups in total. The van der Waals surface area contributed by atoms with Gasteiger partial charge in [-0.05, 0) is 20.8 Å². The lowest BCUT2D eigenvalue weighted by Gasteiger charge is -2.50. The van der Waals surface area contributed by atoms with Gasteiger partial charge in [-0.1, -0.05) is 0 Å². The van der Waals surface area contributed by atoms with Crippen LogP contribution in [-0.2, 0) is 71.3 Å². The van der Waals surface area contributed by atoms with Gasteiger partial charge in [-0.3, -0.25) is 14.4 Å². The van der Waals surface area contributed by atoms with Gasteiger partial charge >= 0.3 is 17.9 Å². The summed E-state index contributed by atoms with van der Waals surface area (Å²) in [6.07, 6.45) is -43.3. The summed E-state index contributed by atoms with van der Waals surface area (Å²) in [4.78, 5) is 48.7. The third-order valence-electron chi connectivity index (χ3n) is 11.1. The first-order chi connectivity index (χ1) is 29.5. The summed E-state index contributed by atoms with van der Waals surface area (Å²) in [5, 5.41) is 122. The summed E-state index contributed by atoms with van der Waals surface area (Å²) in [5.74, 6) is -4.38. The molecule has 5 rings (SSSR count). The van der Waals surface area contributed by atoms with Crippen molar-refractivity contribution in [2.45, 2.75) is 195 Å². The number of carbonyl (C=O) groups is 4. The topological polar surface area (TPSA) is 404 Å². The Bertz CT molecular complexity index is 1580. The molecule has 5 fully saturated rings. The van der Waals surface area contributed by atoms with Crippen molar-refractivity contribution < 1.29 is 127 Å². The van der Waals surface area contributed by atoms with Crippen molar-refractivity contribution in [1.29, 1.82) is 0 Å². The van der Waals surface area contributed by atoms with E-state index in [-0.39, 0.29) is 0 Å². The van der Waals surface area contributed by atoms with Crippen molar-refractivity contribution in [3.63, 3.8) is 0 Å². The Morgan fingerprint density at radius 3 is 1.56 bits per heavy atom. The van der Waals surface area contributed by atoms with Crippen LogP contribution in [0.3, 0.4) is 0 Å². The summed E-state index contributed by atoms with van der Waals surface area (Å²) >= 11 is 0. The van der Waals surface area contributed by atoms with Gasteiger partial charge in [-0.2, -0.15) is 0 Å². The summed E-state index contributed by atoms with van der Waals surface area (Å²) in [7, 11) is 0. The summed E-state index contributed by atoms with van der Waals surface area (Å²) < 4.78 is 61.3. The zero-order valence-corrected chi connectivity index (χ0v) is 34.7. The van der Waals surface area contributed by atoms with Crippen LogP contribution in [0.4, 0.5) is 0 Å². The molecule has 0 aliphatic carbocycles. The highest BCUT2D eigenvalue weighted by atomic mass is 16.8. The van der Waals surface area contributed by atoms with Crippen LogP contribution in [0.1, 0.15) is 41.5 Å². The first-order valence-electron chi connectivity index (χ1n) is 19.9. The number of aliphatic hydroxyl groups is 10. The molecule has 0 spiro atoms. The molecule has 27 heteroatoms. The Balaban J connectivity index is 1.39. The normalized spacial score (nSPS) is 48.2. The Morgan fingerprint density at radius 1 is 0.492 bits per heavy atom. The van der Waals surface area contributed by atoms with Crippen LogP contribution in [0.15, 0.2) is 0 Å². The molecule has 0 bridgehead atoms. The van der Waals surface area contributed by atoms with Crippen LogP contribution in [0.5, 0.6) is 0 Å². The lowest BCUT2D eigenvalue weighted by atomic mass is 9.94. The third-order valence-corrected chi connectivity index (χ3v) is 11.1. The highest BCUT2D eigenvalue weighted by molar-refractivity contribution is 5.74. The van der Waals surface area contributed by atoms with Crippen LogP contribution in [0, 0.1) is 0 Å². The number of hydrogen-bond acceptors (Lipinski definition) is 25. The molecule has 10 unspecified atom stereocenters. The minimum Gasteiger partial charge on any atom is -0.479 e. The Labute approximate surface area is 358 Å². The first kappa shape index (κ1) is 51.1. The van der Waals surface area contributed by atoms with E-state index in [1.165, 1.54) is 20.8 Å². The molecule has 0 aromatic carbocycles. The fraction of sp³-hybridized carbons (Fsp3) is 0.889. The second kappa shape index (κ2) is 21.2. The monoisotopic (exact) mass is 919 g/mol. The number of esters is 2. The lowest BCUT2D eigenvalue weighted by molar-refractivity contribution is -0.389. The van der Waals surface area contributed by atoms with Crippen LogP contribution in [0.2, 0.25) is 0 Å². The van der Waals surface area contributed by atoms with E-state index in [9.17, 15) is 75.3 Å². The maximum atomic E-state index is 12.7. The fourth-order valence-corrected chi connectivity index (χ4v) is 7.86. The molecular weight excluding hydrogens is 862 g/mol. The largest absolute Gasteiger partial charge is 0.479 e. The number of ether oxygens (including phenoxy) is 11. The van der Waals surface area contributed by atoms with E-state index in [0.717, 1.165) is 20.8 Å². The quantitative estimate of drug-likeness (QED) is 0.0764. The molecule has 5 aliphatic rings. The van der Waals surface area contributed by atoms with Crippen molar-refractivity contribution in [3.05, 3.63) is 0 Å². The molecule has 1 amide bonds. The van der Waals surface area contributed by atoms with Crippen LogP contribution in [0.25, 0.3) is 0 Å². The number of carbonyl (C=O) groups excluding carboxylic acids is 3. The maximum Gasteiger partial charge on any atom is 0.335 e. The number of amides is 1. The van der Waals surface area contributed by atoms with Gasteiger partial charge in [0.25, 0.3) is 0 Å². The number of nitrogens with one attached hydrogen (secondary N) is 1. The molecule has 0 aromatic heterocycles. The van der Waals surface area contributed by atoms with Crippen LogP contribution < -0.4 is 5.32 Å². The Kier molecular flexibility index (Phi) is 17.2. The number of aliphatic carboxylic acids is 1. The molecule has 0 saturated carbocycles. The minimum atomic E-state index is -2.31. The van der Waals surface area contributed by atoms with Crippen molar-refractivity contribution >= 4 is 23.8 Å². The summed E-state index contributed by atoms with van der Waals surface area (Å²) in [5.41, 5.74) is 0. The maximum absolute atomic E-state index is 12.7. The molecule has 5 saturated heterocycles. The average Bonchev–Trinajstić information content (AvgIpc) is 3.20. The molecule has 25 atom stereocenters. The van der Waals surface area contributed by atoms with E-state index < -0.39 is 184 Å².